The molecule has 78 valence electrons. The van der Waals surface area contributed by atoms with E-state index in [2.05, 4.69) is 30.5 Å². The third-order valence-corrected chi connectivity index (χ3v) is 4.45. The van der Waals surface area contributed by atoms with E-state index in [1.54, 1.807) is 0 Å². The molecule has 2 aromatic heterocycles. The lowest BCUT2D eigenvalue weighted by atomic mass is 10.2. The summed E-state index contributed by atoms with van der Waals surface area (Å²) in [6.45, 7) is 0. The summed E-state index contributed by atoms with van der Waals surface area (Å²) in [4.78, 5) is 0. The summed E-state index contributed by atoms with van der Waals surface area (Å²) in [6.07, 6.45) is 4.56. The first-order valence-electron chi connectivity index (χ1n) is 4.96. The lowest BCUT2D eigenvalue weighted by molar-refractivity contribution is 0.766. The molecule has 15 heavy (non-hydrogen) atoms. The Morgan fingerprint density at radius 1 is 1.40 bits per heavy atom. The van der Waals surface area contributed by atoms with Gasteiger partial charge in [0.1, 0.15) is 0 Å². The number of aromatic nitrogens is 3. The molecule has 0 aromatic carbocycles. The predicted molar refractivity (Wildman–Crippen MR) is 65.1 cm³/mol. The third-order valence-electron chi connectivity index (χ3n) is 2.61. The van der Waals surface area contributed by atoms with Crippen molar-refractivity contribution in [3.05, 3.63) is 28.6 Å². The molecule has 0 N–H and O–H groups in total. The largest absolute Gasteiger partial charge is 0.284 e. The zero-order valence-corrected chi connectivity index (χ0v) is 10.5. The second-order valence-corrected chi connectivity index (χ2v) is 5.86. The van der Waals surface area contributed by atoms with E-state index in [0.29, 0.717) is 5.25 Å². The molecule has 1 saturated heterocycles. The number of thioether (sulfide) groups is 1. The summed E-state index contributed by atoms with van der Waals surface area (Å²) >= 11 is 5.46. The van der Waals surface area contributed by atoms with E-state index >= 15 is 0 Å². The van der Waals surface area contributed by atoms with Crippen molar-refractivity contribution in [2.45, 2.75) is 18.1 Å². The molecule has 1 fully saturated rings. The van der Waals surface area contributed by atoms with Gasteiger partial charge in [-0.1, -0.05) is 0 Å². The van der Waals surface area contributed by atoms with Gasteiger partial charge >= 0.3 is 0 Å². The summed E-state index contributed by atoms with van der Waals surface area (Å²) < 4.78 is 3.16. The van der Waals surface area contributed by atoms with Gasteiger partial charge in [0, 0.05) is 10.7 Å². The van der Waals surface area contributed by atoms with Crippen LogP contribution in [0.4, 0.5) is 0 Å². The highest BCUT2D eigenvalue weighted by Gasteiger charge is 2.22. The SMILES string of the molecule is Brc1ccc2nnc(C3CCCS3)n2c1. The van der Waals surface area contributed by atoms with Crippen molar-refractivity contribution in [2.75, 3.05) is 5.75 Å². The van der Waals surface area contributed by atoms with E-state index in [1.807, 2.05) is 30.1 Å². The lowest BCUT2D eigenvalue weighted by Gasteiger charge is -2.05. The summed E-state index contributed by atoms with van der Waals surface area (Å²) in [5, 5.41) is 9.00. The smallest absolute Gasteiger partial charge is 0.160 e. The van der Waals surface area contributed by atoms with Gasteiger partial charge in [-0.15, -0.1) is 10.2 Å². The van der Waals surface area contributed by atoms with Crippen molar-refractivity contribution in [1.29, 1.82) is 0 Å². The van der Waals surface area contributed by atoms with Crippen molar-refractivity contribution in [3.63, 3.8) is 0 Å². The molecule has 3 rings (SSSR count). The van der Waals surface area contributed by atoms with E-state index < -0.39 is 0 Å². The van der Waals surface area contributed by atoms with Crippen molar-refractivity contribution in [1.82, 2.24) is 14.6 Å². The molecular weight excluding hydrogens is 274 g/mol. The van der Waals surface area contributed by atoms with Crippen LogP contribution in [0, 0.1) is 0 Å². The molecule has 0 aliphatic carbocycles. The van der Waals surface area contributed by atoms with Crippen LogP contribution in [0.3, 0.4) is 0 Å². The fraction of sp³-hybridized carbons (Fsp3) is 0.400. The predicted octanol–water partition coefficient (Wildman–Crippen LogP) is 3.06. The summed E-state index contributed by atoms with van der Waals surface area (Å²) in [6, 6.07) is 3.98. The van der Waals surface area contributed by atoms with Gasteiger partial charge in [0.25, 0.3) is 0 Å². The molecule has 1 atom stereocenters. The van der Waals surface area contributed by atoms with Crippen LogP contribution < -0.4 is 0 Å². The zero-order chi connectivity index (χ0) is 10.3. The first-order valence-corrected chi connectivity index (χ1v) is 6.80. The second kappa shape index (κ2) is 3.79. The van der Waals surface area contributed by atoms with E-state index in [0.717, 1.165) is 15.9 Å². The van der Waals surface area contributed by atoms with Gasteiger partial charge in [-0.2, -0.15) is 11.8 Å². The molecule has 0 spiro atoms. The van der Waals surface area contributed by atoms with Crippen LogP contribution in [-0.2, 0) is 0 Å². The standard InChI is InChI=1S/C10H10BrN3S/c11-7-3-4-9-12-13-10(14(9)6-7)8-2-1-5-15-8/h3-4,6,8H,1-2,5H2. The Labute approximate surface area is 100 Å². The van der Waals surface area contributed by atoms with Crippen LogP contribution in [0.5, 0.6) is 0 Å². The van der Waals surface area contributed by atoms with E-state index in [4.69, 9.17) is 0 Å². The quantitative estimate of drug-likeness (QED) is 0.806. The molecule has 1 aliphatic heterocycles. The first kappa shape index (κ1) is 9.66. The number of pyridine rings is 1. The maximum Gasteiger partial charge on any atom is 0.160 e. The van der Waals surface area contributed by atoms with Crippen LogP contribution >= 0.6 is 27.7 Å². The van der Waals surface area contributed by atoms with Gasteiger partial charge in [-0.25, -0.2) is 0 Å². The fourth-order valence-electron chi connectivity index (χ4n) is 1.88. The van der Waals surface area contributed by atoms with Crippen molar-refractivity contribution >= 4 is 33.3 Å². The number of fused-ring (bicyclic) bond motifs is 1. The molecular formula is C10H10BrN3S. The minimum Gasteiger partial charge on any atom is -0.284 e. The van der Waals surface area contributed by atoms with Crippen molar-refractivity contribution in [2.24, 2.45) is 0 Å². The Morgan fingerprint density at radius 3 is 3.13 bits per heavy atom. The van der Waals surface area contributed by atoms with E-state index in [-0.39, 0.29) is 0 Å². The van der Waals surface area contributed by atoms with Gasteiger partial charge in [0.05, 0.1) is 5.25 Å². The molecule has 3 heterocycles. The molecule has 0 radical (unpaired) electrons. The Hall–Kier alpha value is -0.550. The van der Waals surface area contributed by atoms with Crippen LogP contribution in [0.25, 0.3) is 5.65 Å². The summed E-state index contributed by atoms with van der Waals surface area (Å²) in [5.74, 6) is 2.34. The molecule has 1 unspecified atom stereocenters. The van der Waals surface area contributed by atoms with Gasteiger partial charge in [-0.05, 0) is 46.7 Å². The van der Waals surface area contributed by atoms with Gasteiger partial charge in [-0.3, -0.25) is 4.40 Å². The van der Waals surface area contributed by atoms with E-state index in [9.17, 15) is 0 Å². The Balaban J connectivity index is 2.13. The summed E-state index contributed by atoms with van der Waals surface area (Å²) in [7, 11) is 0. The average Bonchev–Trinajstić information content (AvgIpc) is 2.83. The lowest BCUT2D eigenvalue weighted by Crippen LogP contribution is -1.97. The average molecular weight is 284 g/mol. The molecule has 1 aliphatic rings. The Morgan fingerprint density at radius 2 is 2.33 bits per heavy atom. The van der Waals surface area contributed by atoms with Crippen LogP contribution in [-0.4, -0.2) is 20.4 Å². The summed E-state index contributed by atoms with van der Waals surface area (Å²) in [5.41, 5.74) is 0.931. The molecule has 2 aromatic rings. The number of rotatable bonds is 1. The molecule has 0 saturated carbocycles. The van der Waals surface area contributed by atoms with Crippen molar-refractivity contribution < 1.29 is 0 Å². The maximum absolute atomic E-state index is 4.29. The number of hydrogen-bond acceptors (Lipinski definition) is 3. The van der Waals surface area contributed by atoms with Gasteiger partial charge < -0.3 is 0 Å². The molecule has 5 heteroatoms. The normalized spacial score (nSPS) is 21.3. The Kier molecular flexibility index (Phi) is 2.44. The number of hydrogen-bond donors (Lipinski definition) is 0. The van der Waals surface area contributed by atoms with E-state index in [1.165, 1.54) is 18.6 Å². The topological polar surface area (TPSA) is 30.2 Å². The molecule has 0 amide bonds. The minimum atomic E-state index is 0.522. The second-order valence-electron chi connectivity index (χ2n) is 3.64. The molecule has 0 bridgehead atoms. The monoisotopic (exact) mass is 283 g/mol. The van der Waals surface area contributed by atoms with Crippen molar-refractivity contribution in [3.8, 4) is 0 Å². The highest BCUT2D eigenvalue weighted by atomic mass is 79.9. The van der Waals surface area contributed by atoms with Gasteiger partial charge in [0.15, 0.2) is 11.5 Å². The first-order chi connectivity index (χ1) is 7.34. The van der Waals surface area contributed by atoms with Crippen LogP contribution in [0.2, 0.25) is 0 Å². The number of nitrogens with zero attached hydrogens (tertiary/aromatic N) is 3. The number of halogens is 1. The van der Waals surface area contributed by atoms with Crippen LogP contribution in [0.1, 0.15) is 23.9 Å². The molecule has 3 nitrogen and oxygen atoms in total. The maximum atomic E-state index is 4.29. The van der Waals surface area contributed by atoms with Gasteiger partial charge in [0.2, 0.25) is 0 Å². The minimum absolute atomic E-state index is 0.522. The van der Waals surface area contributed by atoms with Crippen LogP contribution in [0.15, 0.2) is 22.8 Å². The Bertz CT molecular complexity index is 490. The highest BCUT2D eigenvalue weighted by Crippen LogP contribution is 2.38. The highest BCUT2D eigenvalue weighted by molar-refractivity contribution is 9.10. The zero-order valence-electron chi connectivity index (χ0n) is 8.06. The fourth-order valence-corrected chi connectivity index (χ4v) is 3.48. The third kappa shape index (κ3) is 1.67.